The van der Waals surface area contributed by atoms with Gasteiger partial charge in [0.05, 0.1) is 0 Å². The van der Waals surface area contributed by atoms with Crippen LogP contribution in [0.15, 0.2) is 0 Å². The fourth-order valence-electron chi connectivity index (χ4n) is 1.01. The summed E-state index contributed by atoms with van der Waals surface area (Å²) in [6.45, 7) is 2.01. The summed E-state index contributed by atoms with van der Waals surface area (Å²) in [5, 5.41) is 8.49. The van der Waals surface area contributed by atoms with Gasteiger partial charge in [-0.25, -0.2) is 0 Å². The summed E-state index contributed by atoms with van der Waals surface area (Å²) < 4.78 is 1.47. The summed E-state index contributed by atoms with van der Waals surface area (Å²) in [6.07, 6.45) is 6.48. The maximum absolute atomic E-state index is 8.49. The Balaban J connectivity index is 2.89. The van der Waals surface area contributed by atoms with E-state index in [1.807, 2.05) is 6.92 Å². The van der Waals surface area contributed by atoms with Gasteiger partial charge in [0.2, 0.25) is 0 Å². The van der Waals surface area contributed by atoms with Gasteiger partial charge < -0.3 is 0 Å². The third kappa shape index (κ3) is 8.75. The van der Waals surface area contributed by atoms with Crippen molar-refractivity contribution in [3.63, 3.8) is 0 Å². The molecule has 0 aromatic rings. The van der Waals surface area contributed by atoms with Crippen molar-refractivity contribution in [2.75, 3.05) is 0 Å². The van der Waals surface area contributed by atoms with Gasteiger partial charge in [-0.1, -0.05) is 0 Å². The van der Waals surface area contributed by atoms with Gasteiger partial charge in [0, 0.05) is 0 Å². The predicted octanol–water partition coefficient (Wildman–Crippen LogP) is 1.89. The summed E-state index contributed by atoms with van der Waals surface area (Å²) in [5.74, 6) is 0. The summed E-state index contributed by atoms with van der Waals surface area (Å²) in [5.41, 5.74) is 2.26. The zero-order valence-electron chi connectivity index (χ0n) is 7.34. The van der Waals surface area contributed by atoms with Crippen LogP contribution in [0, 0.1) is 0 Å². The van der Waals surface area contributed by atoms with Crippen LogP contribution in [0.1, 0.15) is 39.0 Å². The van der Waals surface area contributed by atoms with Gasteiger partial charge in [-0.3, -0.25) is 0 Å². The topological polar surface area (TPSA) is 32.3 Å². The summed E-state index contributed by atoms with van der Waals surface area (Å²) in [6, 6.07) is 0.271. The summed E-state index contributed by atoms with van der Waals surface area (Å²) >= 11 is 1.18. The molecule has 0 aromatic carbocycles. The molecule has 0 amide bonds. The molecule has 2 nitrogen and oxygen atoms in total. The van der Waals surface area contributed by atoms with E-state index in [1.54, 1.807) is 0 Å². The van der Waals surface area contributed by atoms with Crippen LogP contribution in [0.2, 0.25) is 3.98 Å². The Morgan fingerprint density at radius 2 is 1.91 bits per heavy atom. The first kappa shape index (κ1) is 11.8. The van der Waals surface area contributed by atoms with E-state index in [4.69, 9.17) is 5.21 Å². The van der Waals surface area contributed by atoms with Gasteiger partial charge >= 0.3 is 85.5 Å². The number of hydrogen-bond donors (Lipinski definition) is 2. The van der Waals surface area contributed by atoms with E-state index in [1.165, 1.54) is 55.4 Å². The van der Waals surface area contributed by atoms with Crippen LogP contribution >= 0.6 is 0 Å². The molecule has 0 radical (unpaired) electrons. The second-order valence-corrected chi connectivity index (χ2v) is 5.27. The Bertz CT molecular complexity index is 80.5. The van der Waals surface area contributed by atoms with Gasteiger partial charge in [-0.05, 0) is 0 Å². The van der Waals surface area contributed by atoms with E-state index in [2.05, 4.69) is 5.48 Å². The second kappa shape index (κ2) is 8.93. The number of nitrogens with one attached hydrogen (secondary N) is 1. The molecule has 1 unspecified atom stereocenters. The van der Waals surface area contributed by atoms with Crippen LogP contribution in [0.3, 0.4) is 0 Å². The third-order valence-electron chi connectivity index (χ3n) is 1.81. The number of rotatable bonds is 7. The average Bonchev–Trinajstić information content (AvgIpc) is 2.04. The van der Waals surface area contributed by atoms with Crippen molar-refractivity contribution in [3.8, 4) is 0 Å². The first-order valence-electron chi connectivity index (χ1n) is 4.41. The normalized spacial score (nSPS) is 13.2. The molecule has 0 heterocycles. The maximum atomic E-state index is 8.49. The SMILES string of the molecule is CC(CCCCC[CH2][Tl])NO. The van der Waals surface area contributed by atoms with Crippen LogP contribution in [-0.2, 0) is 0 Å². The fourth-order valence-corrected chi connectivity index (χ4v) is 2.14. The molecule has 3 heteroatoms. The van der Waals surface area contributed by atoms with Gasteiger partial charge in [0.1, 0.15) is 0 Å². The molecule has 0 aliphatic carbocycles. The van der Waals surface area contributed by atoms with Crippen LogP contribution in [0.5, 0.6) is 0 Å². The van der Waals surface area contributed by atoms with Gasteiger partial charge in [-0.15, -0.1) is 0 Å². The number of unbranched alkanes of at least 4 members (excludes halogenated alkanes) is 3. The van der Waals surface area contributed by atoms with Crippen molar-refractivity contribution in [1.29, 1.82) is 0 Å². The summed E-state index contributed by atoms with van der Waals surface area (Å²) in [7, 11) is 0. The molecular weight excluding hydrogens is 330 g/mol. The Labute approximate surface area is 85.4 Å². The van der Waals surface area contributed by atoms with Crippen LogP contribution in [0.25, 0.3) is 0 Å². The average molecular weight is 349 g/mol. The van der Waals surface area contributed by atoms with E-state index in [0.717, 1.165) is 6.42 Å². The Kier molecular flexibility index (Phi) is 9.62. The fraction of sp³-hybridized carbons (Fsp3) is 1.00. The van der Waals surface area contributed by atoms with Gasteiger partial charge in [0.25, 0.3) is 0 Å². The van der Waals surface area contributed by atoms with Crippen LogP contribution in [-0.4, -0.2) is 37.0 Å². The second-order valence-electron chi connectivity index (χ2n) is 3.02. The Morgan fingerprint density at radius 1 is 1.27 bits per heavy atom. The molecule has 1 atom stereocenters. The van der Waals surface area contributed by atoms with Crippen LogP contribution in [0.4, 0.5) is 0 Å². The molecule has 0 aromatic heterocycles. The van der Waals surface area contributed by atoms with E-state index >= 15 is 0 Å². The third-order valence-corrected chi connectivity index (χ3v) is 3.40. The number of hydrogen-bond acceptors (Lipinski definition) is 2. The molecule has 64 valence electrons. The molecule has 0 spiro atoms. The molecule has 0 saturated carbocycles. The standard InChI is InChI=1S/C8H18NO.Tl/c1-3-4-5-6-7-8(2)9-10;/h8-10H,1,3-7H2,2H3;. The Hall–Kier alpha value is 0.842. The van der Waals surface area contributed by atoms with E-state index in [0.29, 0.717) is 0 Å². The molecule has 0 aliphatic rings. The van der Waals surface area contributed by atoms with Crippen molar-refractivity contribution in [1.82, 2.24) is 5.48 Å². The van der Waals surface area contributed by atoms with Crippen molar-refractivity contribution in [3.05, 3.63) is 0 Å². The zero-order chi connectivity index (χ0) is 8.53. The predicted molar refractivity (Wildman–Crippen MR) is 48.0 cm³/mol. The van der Waals surface area contributed by atoms with Crippen molar-refractivity contribution < 1.29 is 5.21 Å². The molecule has 0 saturated heterocycles. The summed E-state index contributed by atoms with van der Waals surface area (Å²) in [4.78, 5) is 0. The Morgan fingerprint density at radius 3 is 2.45 bits per heavy atom. The van der Waals surface area contributed by atoms with Crippen LogP contribution < -0.4 is 5.48 Å². The minimum absolute atomic E-state index is 0.271. The van der Waals surface area contributed by atoms with Gasteiger partial charge in [-0.2, -0.15) is 0 Å². The molecular formula is C8H18NOTl. The van der Waals surface area contributed by atoms with Crippen molar-refractivity contribution in [2.45, 2.75) is 49.0 Å². The monoisotopic (exact) mass is 349 g/mol. The quantitative estimate of drug-likeness (QED) is 0.418. The van der Waals surface area contributed by atoms with E-state index < -0.39 is 0 Å². The van der Waals surface area contributed by atoms with E-state index in [9.17, 15) is 0 Å². The molecule has 2 N–H and O–H groups in total. The molecule has 0 fully saturated rings. The van der Waals surface area contributed by atoms with Crippen molar-refractivity contribution in [2.24, 2.45) is 0 Å². The first-order valence-corrected chi connectivity index (χ1v) is 7.58. The molecule has 0 aliphatic heterocycles. The van der Waals surface area contributed by atoms with Crippen molar-refractivity contribution >= 4 is 25.8 Å². The molecule has 0 rings (SSSR count). The molecule has 11 heavy (non-hydrogen) atoms. The first-order chi connectivity index (χ1) is 5.31. The minimum atomic E-state index is 0.271. The van der Waals surface area contributed by atoms with E-state index in [-0.39, 0.29) is 6.04 Å². The molecule has 0 bridgehead atoms. The van der Waals surface area contributed by atoms with Gasteiger partial charge in [0.15, 0.2) is 0 Å². The number of hydroxylamine groups is 1. The zero-order valence-corrected chi connectivity index (χ0v) is 11.8.